The SMILES string of the molecule is CCO.N.O=C(O)CCC(=O)O. The molecule has 6 nitrogen and oxygen atoms in total. The summed E-state index contributed by atoms with van der Waals surface area (Å²) in [5.74, 6) is -2.15. The number of aliphatic hydroxyl groups excluding tert-OH is 1. The van der Waals surface area contributed by atoms with E-state index >= 15 is 0 Å². The first-order valence-electron chi connectivity index (χ1n) is 3.09. The molecule has 0 aliphatic carbocycles. The van der Waals surface area contributed by atoms with Gasteiger partial charge in [0.2, 0.25) is 0 Å². The van der Waals surface area contributed by atoms with Crippen LogP contribution in [0.25, 0.3) is 0 Å². The lowest BCUT2D eigenvalue weighted by atomic mass is 10.3. The third kappa shape index (κ3) is 36.7. The number of rotatable bonds is 3. The van der Waals surface area contributed by atoms with Gasteiger partial charge in [0, 0.05) is 6.61 Å². The van der Waals surface area contributed by atoms with Gasteiger partial charge < -0.3 is 21.5 Å². The summed E-state index contributed by atoms with van der Waals surface area (Å²) >= 11 is 0. The summed E-state index contributed by atoms with van der Waals surface area (Å²) in [7, 11) is 0. The van der Waals surface area contributed by atoms with Crippen LogP contribution in [0, 0.1) is 0 Å². The van der Waals surface area contributed by atoms with Gasteiger partial charge in [-0.3, -0.25) is 9.59 Å². The molecule has 74 valence electrons. The molecule has 0 atom stereocenters. The van der Waals surface area contributed by atoms with E-state index in [2.05, 4.69) is 0 Å². The van der Waals surface area contributed by atoms with Crippen molar-refractivity contribution in [2.75, 3.05) is 6.61 Å². The largest absolute Gasteiger partial charge is 0.481 e. The highest BCUT2D eigenvalue weighted by molar-refractivity contribution is 5.75. The molecule has 12 heavy (non-hydrogen) atoms. The van der Waals surface area contributed by atoms with E-state index in [0.717, 1.165) is 0 Å². The smallest absolute Gasteiger partial charge is 0.303 e. The van der Waals surface area contributed by atoms with Gasteiger partial charge in [0.1, 0.15) is 0 Å². The second-order valence-electron chi connectivity index (χ2n) is 1.60. The van der Waals surface area contributed by atoms with Crippen LogP contribution in [0.2, 0.25) is 0 Å². The predicted octanol–water partition coefficient (Wildman–Crippen LogP) is 0.0964. The lowest BCUT2D eigenvalue weighted by Gasteiger charge is -1.85. The molecule has 0 aliphatic rings. The molecular weight excluding hydrogens is 166 g/mol. The number of carboxylic acids is 2. The third-order valence-electron chi connectivity index (χ3n) is 0.553. The zero-order valence-electron chi connectivity index (χ0n) is 6.99. The molecule has 0 spiro atoms. The Bertz CT molecular complexity index is 111. The van der Waals surface area contributed by atoms with Crippen molar-refractivity contribution in [3.63, 3.8) is 0 Å². The minimum absolute atomic E-state index is 0. The van der Waals surface area contributed by atoms with Crippen molar-refractivity contribution in [2.45, 2.75) is 19.8 Å². The van der Waals surface area contributed by atoms with Crippen LogP contribution in [-0.4, -0.2) is 33.9 Å². The number of carbonyl (C=O) groups is 2. The molecule has 0 saturated heterocycles. The molecule has 0 radical (unpaired) electrons. The van der Waals surface area contributed by atoms with Crippen LogP contribution in [0.3, 0.4) is 0 Å². The molecule has 0 unspecified atom stereocenters. The molecule has 0 aromatic rings. The van der Waals surface area contributed by atoms with Gasteiger partial charge >= 0.3 is 11.9 Å². The Kier molecular flexibility index (Phi) is 17.8. The molecule has 0 aliphatic heterocycles. The first-order chi connectivity index (χ1) is 5.04. The van der Waals surface area contributed by atoms with Crippen molar-refractivity contribution in [3.8, 4) is 0 Å². The van der Waals surface area contributed by atoms with Crippen LogP contribution in [0.4, 0.5) is 0 Å². The Morgan fingerprint density at radius 3 is 1.33 bits per heavy atom. The molecule has 0 aromatic carbocycles. The molecule has 0 fully saturated rings. The van der Waals surface area contributed by atoms with E-state index in [-0.39, 0.29) is 25.6 Å². The molecule has 6 N–H and O–H groups in total. The molecule has 0 bridgehead atoms. The quantitative estimate of drug-likeness (QED) is 0.488. The van der Waals surface area contributed by atoms with Gasteiger partial charge in [-0.05, 0) is 6.92 Å². The van der Waals surface area contributed by atoms with Crippen LogP contribution in [0.1, 0.15) is 19.8 Å². The van der Waals surface area contributed by atoms with Gasteiger partial charge in [0.15, 0.2) is 0 Å². The fourth-order valence-corrected chi connectivity index (χ4v) is 0.214. The average Bonchev–Trinajstić information content (AvgIpc) is 1.85. The fourth-order valence-electron chi connectivity index (χ4n) is 0.214. The van der Waals surface area contributed by atoms with Crippen molar-refractivity contribution in [1.82, 2.24) is 6.15 Å². The normalized spacial score (nSPS) is 7.17. The van der Waals surface area contributed by atoms with Gasteiger partial charge in [-0.15, -0.1) is 0 Å². The van der Waals surface area contributed by atoms with Gasteiger partial charge in [-0.1, -0.05) is 0 Å². The van der Waals surface area contributed by atoms with Crippen LogP contribution in [0.5, 0.6) is 0 Å². The molecule has 0 heterocycles. The van der Waals surface area contributed by atoms with Crippen molar-refractivity contribution in [3.05, 3.63) is 0 Å². The highest BCUT2D eigenvalue weighted by atomic mass is 16.4. The first-order valence-corrected chi connectivity index (χ1v) is 3.09. The standard InChI is InChI=1S/C4H6O4.C2H6O.H3N/c5-3(6)1-2-4(7)8;1-2-3;/h1-2H2,(H,5,6)(H,7,8);3H,2H2,1H3;1H3. The third-order valence-corrected chi connectivity index (χ3v) is 0.553. The lowest BCUT2D eigenvalue weighted by Crippen LogP contribution is -2.00. The molecule has 0 aromatic heterocycles. The molecule has 0 rings (SSSR count). The van der Waals surface area contributed by atoms with Crippen LogP contribution in [-0.2, 0) is 9.59 Å². The number of hydrogen-bond donors (Lipinski definition) is 4. The van der Waals surface area contributed by atoms with E-state index in [1.807, 2.05) is 0 Å². The van der Waals surface area contributed by atoms with E-state index in [0.29, 0.717) is 0 Å². The maximum absolute atomic E-state index is 9.64. The van der Waals surface area contributed by atoms with E-state index in [1.165, 1.54) is 0 Å². The summed E-state index contributed by atoms with van der Waals surface area (Å²) in [6.07, 6.45) is -0.593. The monoisotopic (exact) mass is 181 g/mol. The maximum Gasteiger partial charge on any atom is 0.303 e. The molecular formula is C6H15NO5. The van der Waals surface area contributed by atoms with Crippen molar-refractivity contribution in [2.24, 2.45) is 0 Å². The topological polar surface area (TPSA) is 130 Å². The van der Waals surface area contributed by atoms with Gasteiger partial charge in [-0.2, -0.15) is 0 Å². The number of hydrogen-bond acceptors (Lipinski definition) is 4. The van der Waals surface area contributed by atoms with Crippen LogP contribution in [0.15, 0.2) is 0 Å². The summed E-state index contributed by atoms with van der Waals surface area (Å²) in [5.41, 5.74) is 0. The van der Waals surface area contributed by atoms with Crippen LogP contribution >= 0.6 is 0 Å². The Labute approximate surface area is 70.4 Å². The predicted molar refractivity (Wildman–Crippen MR) is 42.3 cm³/mol. The second kappa shape index (κ2) is 12.5. The van der Waals surface area contributed by atoms with Crippen molar-refractivity contribution >= 4 is 11.9 Å². The first kappa shape index (κ1) is 17.1. The van der Waals surface area contributed by atoms with Gasteiger partial charge in [0.05, 0.1) is 12.8 Å². The summed E-state index contributed by atoms with van der Waals surface area (Å²) in [6, 6.07) is 0. The van der Waals surface area contributed by atoms with Gasteiger partial charge in [0.25, 0.3) is 0 Å². The Hall–Kier alpha value is -1.14. The Morgan fingerprint density at radius 1 is 1.08 bits per heavy atom. The summed E-state index contributed by atoms with van der Waals surface area (Å²) in [6.45, 7) is 1.93. The Morgan fingerprint density at radius 2 is 1.25 bits per heavy atom. The maximum atomic E-state index is 9.64. The second-order valence-corrected chi connectivity index (χ2v) is 1.60. The van der Waals surface area contributed by atoms with E-state index in [4.69, 9.17) is 15.3 Å². The number of aliphatic hydroxyl groups is 1. The summed E-state index contributed by atoms with van der Waals surface area (Å²) < 4.78 is 0. The molecule has 0 saturated carbocycles. The summed E-state index contributed by atoms with van der Waals surface area (Å²) in [5, 5.41) is 23.4. The molecule has 0 amide bonds. The van der Waals surface area contributed by atoms with E-state index < -0.39 is 11.9 Å². The van der Waals surface area contributed by atoms with Crippen molar-refractivity contribution in [1.29, 1.82) is 0 Å². The van der Waals surface area contributed by atoms with E-state index in [9.17, 15) is 9.59 Å². The molecule has 6 heteroatoms. The average molecular weight is 181 g/mol. The minimum Gasteiger partial charge on any atom is -0.481 e. The van der Waals surface area contributed by atoms with Crippen molar-refractivity contribution < 1.29 is 24.9 Å². The minimum atomic E-state index is -1.08. The fraction of sp³-hybridized carbons (Fsp3) is 0.667. The van der Waals surface area contributed by atoms with Gasteiger partial charge in [-0.25, -0.2) is 0 Å². The number of carboxylic acid groups (broad SMARTS) is 2. The zero-order chi connectivity index (χ0) is 9.28. The zero-order valence-corrected chi connectivity index (χ0v) is 6.99. The van der Waals surface area contributed by atoms with Crippen LogP contribution < -0.4 is 6.15 Å². The highest BCUT2D eigenvalue weighted by Crippen LogP contribution is 1.85. The Balaban J connectivity index is -0.000000177. The number of aliphatic carboxylic acids is 2. The summed E-state index contributed by atoms with van der Waals surface area (Å²) in [4.78, 5) is 19.3. The lowest BCUT2D eigenvalue weighted by molar-refractivity contribution is -0.143. The van der Waals surface area contributed by atoms with E-state index in [1.54, 1.807) is 6.92 Å². The highest BCUT2D eigenvalue weighted by Gasteiger charge is 2.00.